The van der Waals surface area contributed by atoms with E-state index >= 15 is 0 Å². The number of rotatable bonds is 5. The molecule has 0 aromatic heterocycles. The molecule has 0 saturated carbocycles. The summed E-state index contributed by atoms with van der Waals surface area (Å²) in [6, 6.07) is 3.02. The van der Waals surface area contributed by atoms with Crippen LogP contribution in [0.25, 0.3) is 0 Å². The number of aliphatic hydroxyl groups excluding tert-OH is 1. The Balaban J connectivity index is 3.52. The van der Waals surface area contributed by atoms with E-state index in [-0.39, 0.29) is 10.6 Å². The topological polar surface area (TPSA) is 133 Å². The van der Waals surface area contributed by atoms with Crippen molar-refractivity contribution in [2.24, 2.45) is 10.2 Å². The van der Waals surface area contributed by atoms with E-state index < -0.39 is 37.2 Å². The number of hydrogen-bond acceptors (Lipinski definition) is 7. The van der Waals surface area contributed by atoms with Gasteiger partial charge >= 0.3 is 0 Å². The highest BCUT2D eigenvalue weighted by Crippen LogP contribution is 2.27. The molecular formula is C9H12N2O6S2. The smallest absolute Gasteiger partial charge is 0.296 e. The maximum absolute atomic E-state index is 11.7. The molecule has 10 heteroatoms. The summed E-state index contributed by atoms with van der Waals surface area (Å²) in [5.74, 6) is -0.549. The van der Waals surface area contributed by atoms with E-state index in [1.165, 1.54) is 7.05 Å². The summed E-state index contributed by atoms with van der Waals surface area (Å²) in [6.45, 7) is -0.597. The lowest BCUT2D eigenvalue weighted by molar-refractivity contribution is 0.319. The van der Waals surface area contributed by atoms with Crippen molar-refractivity contribution in [3.63, 3.8) is 0 Å². The highest BCUT2D eigenvalue weighted by molar-refractivity contribution is 7.91. The molecule has 0 amide bonds. The summed E-state index contributed by atoms with van der Waals surface area (Å²) < 4.78 is 54.8. The third-order valence-electron chi connectivity index (χ3n) is 2.14. The standard InChI is InChI=1S/C9H12N2O6S2/c1-10-11-8-3-2-7(18(13,14)5-4-12)6-9(8)19(15,16)17/h2-3,6,12H,4-5H2,1H3,(H,15,16,17)/b11-10+. The summed E-state index contributed by atoms with van der Waals surface area (Å²) in [7, 11) is -7.16. The van der Waals surface area contributed by atoms with Crippen LogP contribution >= 0.6 is 0 Å². The van der Waals surface area contributed by atoms with Crippen LogP contribution in [0, 0.1) is 0 Å². The van der Waals surface area contributed by atoms with Crippen molar-refractivity contribution in [1.82, 2.24) is 0 Å². The summed E-state index contributed by atoms with van der Waals surface area (Å²) >= 11 is 0. The minimum Gasteiger partial charge on any atom is -0.395 e. The fraction of sp³-hybridized carbons (Fsp3) is 0.333. The summed E-state index contributed by atoms with van der Waals surface area (Å²) in [5.41, 5.74) is -0.173. The molecule has 1 rings (SSSR count). The first-order chi connectivity index (χ1) is 8.72. The molecule has 0 atom stereocenters. The fourth-order valence-electron chi connectivity index (χ4n) is 1.32. The van der Waals surface area contributed by atoms with Crippen molar-refractivity contribution >= 4 is 25.6 Å². The minimum atomic E-state index is -4.63. The van der Waals surface area contributed by atoms with E-state index in [1.54, 1.807) is 0 Å². The van der Waals surface area contributed by atoms with Crippen molar-refractivity contribution in [3.8, 4) is 0 Å². The molecule has 0 spiro atoms. The number of hydrogen-bond donors (Lipinski definition) is 2. The third kappa shape index (κ3) is 3.80. The van der Waals surface area contributed by atoms with E-state index in [2.05, 4.69) is 10.2 Å². The molecule has 1 aromatic carbocycles. The van der Waals surface area contributed by atoms with Gasteiger partial charge in [-0.25, -0.2) is 8.42 Å². The van der Waals surface area contributed by atoms with E-state index in [4.69, 9.17) is 9.66 Å². The quantitative estimate of drug-likeness (QED) is 0.598. The van der Waals surface area contributed by atoms with Gasteiger partial charge in [0.05, 0.1) is 17.3 Å². The fourth-order valence-corrected chi connectivity index (χ4v) is 3.10. The molecule has 8 nitrogen and oxygen atoms in total. The summed E-state index contributed by atoms with van der Waals surface area (Å²) in [6.07, 6.45) is 0. The molecule has 0 unspecified atom stereocenters. The van der Waals surface area contributed by atoms with Crippen LogP contribution in [-0.4, -0.2) is 45.9 Å². The third-order valence-corrected chi connectivity index (χ3v) is 4.71. The molecule has 0 aliphatic heterocycles. The van der Waals surface area contributed by atoms with Crippen molar-refractivity contribution < 1.29 is 26.5 Å². The Hall–Kier alpha value is -1.36. The van der Waals surface area contributed by atoms with Gasteiger partial charge < -0.3 is 5.11 Å². The van der Waals surface area contributed by atoms with Gasteiger partial charge in [0, 0.05) is 7.05 Å². The van der Waals surface area contributed by atoms with Crippen LogP contribution in [0.1, 0.15) is 0 Å². The van der Waals surface area contributed by atoms with E-state index in [9.17, 15) is 16.8 Å². The molecule has 0 aliphatic rings. The van der Waals surface area contributed by atoms with Crippen LogP contribution < -0.4 is 0 Å². The van der Waals surface area contributed by atoms with Gasteiger partial charge in [-0.15, -0.1) is 0 Å². The zero-order valence-corrected chi connectivity index (χ0v) is 11.5. The molecule has 0 saturated heterocycles. The number of sulfone groups is 1. The summed E-state index contributed by atoms with van der Waals surface area (Å²) in [5, 5.41) is 15.5. The molecule has 0 heterocycles. The van der Waals surface area contributed by atoms with Gasteiger partial charge in [0.25, 0.3) is 10.1 Å². The Morgan fingerprint density at radius 2 is 1.84 bits per heavy atom. The van der Waals surface area contributed by atoms with Crippen LogP contribution in [0.3, 0.4) is 0 Å². The highest BCUT2D eigenvalue weighted by atomic mass is 32.2. The summed E-state index contributed by atoms with van der Waals surface area (Å²) in [4.78, 5) is -0.985. The molecule has 0 fully saturated rings. The largest absolute Gasteiger partial charge is 0.395 e. The molecule has 106 valence electrons. The molecular weight excluding hydrogens is 296 g/mol. The van der Waals surface area contributed by atoms with Crippen LogP contribution in [0.5, 0.6) is 0 Å². The number of nitrogens with zero attached hydrogens (tertiary/aromatic N) is 2. The SMILES string of the molecule is C/N=N/c1ccc(S(=O)(=O)CCO)cc1S(=O)(=O)O. The molecule has 0 aliphatic carbocycles. The molecule has 2 N–H and O–H groups in total. The predicted octanol–water partition coefficient (Wildman–Crippen LogP) is 0.413. The average Bonchev–Trinajstić information content (AvgIpc) is 2.28. The number of aliphatic hydroxyl groups is 1. The van der Waals surface area contributed by atoms with Crippen molar-refractivity contribution in [1.29, 1.82) is 0 Å². The second kappa shape index (κ2) is 5.74. The monoisotopic (exact) mass is 308 g/mol. The van der Waals surface area contributed by atoms with Crippen LogP contribution in [0.15, 0.2) is 38.2 Å². The zero-order valence-electron chi connectivity index (χ0n) is 9.88. The first-order valence-electron chi connectivity index (χ1n) is 4.97. The van der Waals surface area contributed by atoms with Gasteiger partial charge in [0.15, 0.2) is 9.84 Å². The van der Waals surface area contributed by atoms with Crippen molar-refractivity contribution in [3.05, 3.63) is 18.2 Å². The predicted molar refractivity (Wildman–Crippen MR) is 65.8 cm³/mol. The van der Waals surface area contributed by atoms with E-state index in [1.807, 2.05) is 0 Å². The van der Waals surface area contributed by atoms with Gasteiger partial charge in [-0.3, -0.25) is 4.55 Å². The Kier molecular flexibility index (Phi) is 4.74. The van der Waals surface area contributed by atoms with Gasteiger partial charge in [-0.1, -0.05) is 0 Å². The van der Waals surface area contributed by atoms with Gasteiger partial charge in [0.1, 0.15) is 10.6 Å². The first-order valence-corrected chi connectivity index (χ1v) is 8.06. The van der Waals surface area contributed by atoms with Gasteiger partial charge in [-0.2, -0.15) is 18.6 Å². The second-order valence-corrected chi connectivity index (χ2v) is 6.95. The maximum Gasteiger partial charge on any atom is 0.296 e. The van der Waals surface area contributed by atoms with E-state index in [0.29, 0.717) is 0 Å². The molecule has 19 heavy (non-hydrogen) atoms. The maximum atomic E-state index is 11.7. The average molecular weight is 308 g/mol. The highest BCUT2D eigenvalue weighted by Gasteiger charge is 2.21. The second-order valence-electron chi connectivity index (χ2n) is 3.45. The first kappa shape index (κ1) is 15.7. The van der Waals surface area contributed by atoms with Crippen LogP contribution in [0.2, 0.25) is 0 Å². The molecule has 0 bridgehead atoms. The number of azo groups is 1. The lowest BCUT2D eigenvalue weighted by atomic mass is 10.3. The Morgan fingerprint density at radius 1 is 1.21 bits per heavy atom. The van der Waals surface area contributed by atoms with Crippen LogP contribution in [0.4, 0.5) is 5.69 Å². The lowest BCUT2D eigenvalue weighted by Gasteiger charge is -2.06. The molecule has 0 radical (unpaired) electrons. The van der Waals surface area contributed by atoms with Gasteiger partial charge in [0.2, 0.25) is 0 Å². The van der Waals surface area contributed by atoms with Crippen molar-refractivity contribution in [2.75, 3.05) is 19.4 Å². The lowest BCUT2D eigenvalue weighted by Crippen LogP contribution is -2.11. The van der Waals surface area contributed by atoms with Crippen molar-refractivity contribution in [2.45, 2.75) is 9.79 Å². The minimum absolute atomic E-state index is 0.173. The van der Waals surface area contributed by atoms with Crippen LogP contribution in [-0.2, 0) is 20.0 Å². The Labute approximate surface area is 110 Å². The zero-order chi connectivity index (χ0) is 14.7. The Morgan fingerprint density at radius 3 is 2.32 bits per heavy atom. The van der Waals surface area contributed by atoms with E-state index in [0.717, 1.165) is 18.2 Å². The normalized spacial score (nSPS) is 13.0. The van der Waals surface area contributed by atoms with Gasteiger partial charge in [-0.05, 0) is 18.2 Å². The Bertz CT molecular complexity index is 693. The number of benzene rings is 1. The molecule has 1 aromatic rings.